The highest BCUT2D eigenvalue weighted by molar-refractivity contribution is 9.09. The van der Waals surface area contributed by atoms with Gasteiger partial charge >= 0.3 is 0 Å². The van der Waals surface area contributed by atoms with E-state index in [9.17, 15) is 0 Å². The van der Waals surface area contributed by atoms with Gasteiger partial charge in [-0.2, -0.15) is 0 Å². The van der Waals surface area contributed by atoms with E-state index in [4.69, 9.17) is 11.6 Å². The van der Waals surface area contributed by atoms with Crippen LogP contribution in [0.15, 0.2) is 0 Å². The summed E-state index contributed by atoms with van der Waals surface area (Å²) in [5.41, 5.74) is 0. The van der Waals surface area contributed by atoms with Crippen LogP contribution in [0.5, 0.6) is 0 Å². The first-order valence-electron chi connectivity index (χ1n) is 1.35. The summed E-state index contributed by atoms with van der Waals surface area (Å²) < 4.78 is 0. The second-order valence-corrected chi connectivity index (χ2v) is 1.55. The molecule has 0 aliphatic heterocycles. The molecule has 0 aliphatic carbocycles. The van der Waals surface area contributed by atoms with Crippen LogP contribution in [0.4, 0.5) is 0 Å². The minimum absolute atomic E-state index is 0.644. The largest absolute Gasteiger partial charge is 0.162 e. The molecule has 2 heteroatoms. The lowest BCUT2D eigenvalue weighted by atomic mass is 10.6. The van der Waals surface area contributed by atoms with E-state index in [1.54, 1.807) is 0 Å². The third kappa shape index (κ3) is 4.64. The smallest absolute Gasteiger partial charge is 0.0737 e. The van der Waals surface area contributed by atoms with Crippen LogP contribution in [0, 0.1) is 6.42 Å². The van der Waals surface area contributed by atoms with Crippen molar-refractivity contribution in [1.82, 2.24) is 0 Å². The van der Waals surface area contributed by atoms with Crippen molar-refractivity contribution in [2.45, 2.75) is 0 Å². The normalized spacial score (nSPS) is 7.60. The zero-order valence-electron chi connectivity index (χ0n) is 2.75. The van der Waals surface area contributed by atoms with Crippen LogP contribution in [0.3, 0.4) is 0 Å². The fourth-order valence-corrected chi connectivity index (χ4v) is 0.643. The van der Waals surface area contributed by atoms with Crippen LogP contribution in [0.2, 0.25) is 0 Å². The van der Waals surface area contributed by atoms with Gasteiger partial charge in [0.15, 0.2) is 5.88 Å². The molecule has 0 rings (SSSR count). The van der Waals surface area contributed by atoms with Crippen molar-refractivity contribution >= 4 is 27.5 Å². The number of hydrogen-bond acceptors (Lipinski definition) is 0. The first kappa shape index (κ1) is 5.64. The van der Waals surface area contributed by atoms with Crippen molar-refractivity contribution in [1.29, 1.82) is 0 Å². The summed E-state index contributed by atoms with van der Waals surface area (Å²) in [5, 5.41) is 0.899. The molecule has 0 amide bonds. The van der Waals surface area contributed by atoms with Gasteiger partial charge in [0.05, 0.1) is 0 Å². The van der Waals surface area contributed by atoms with E-state index in [0.717, 1.165) is 5.33 Å². The quantitative estimate of drug-likeness (QED) is 0.423. The molecule has 0 saturated carbocycles. The molecule has 0 fully saturated rings. The average molecular weight is 156 g/mol. The monoisotopic (exact) mass is 155 g/mol. The zero-order valence-corrected chi connectivity index (χ0v) is 5.09. The van der Waals surface area contributed by atoms with Gasteiger partial charge in [-0.15, -0.1) is 0 Å². The standard InChI is InChI=1S/C3H5BrCl/c4-2-1-3-5/h1H,2-3H2/q+1. The third-order valence-electron chi connectivity index (χ3n) is 0.218. The van der Waals surface area contributed by atoms with Gasteiger partial charge in [-0.1, -0.05) is 11.6 Å². The number of hydrogen-bond donors (Lipinski definition) is 0. The maximum absolute atomic E-state index is 5.22. The van der Waals surface area contributed by atoms with Crippen LogP contribution in [-0.4, -0.2) is 11.2 Å². The molecule has 0 N–H and O–H groups in total. The Labute approximate surface area is 45.6 Å². The van der Waals surface area contributed by atoms with Crippen molar-refractivity contribution in [3.63, 3.8) is 0 Å². The van der Waals surface area contributed by atoms with Gasteiger partial charge in [0.2, 0.25) is 0 Å². The maximum Gasteiger partial charge on any atom is 0.162 e. The molecule has 5 heavy (non-hydrogen) atoms. The molecule has 0 bridgehead atoms. The van der Waals surface area contributed by atoms with Crippen molar-refractivity contribution in [3.05, 3.63) is 6.42 Å². The molecular weight excluding hydrogens is 151 g/mol. The number of alkyl halides is 2. The Kier molecular flexibility index (Phi) is 5.23. The van der Waals surface area contributed by atoms with Crippen molar-refractivity contribution in [3.8, 4) is 0 Å². The topological polar surface area (TPSA) is 0 Å². The molecule has 0 atom stereocenters. The summed E-state index contributed by atoms with van der Waals surface area (Å²) in [4.78, 5) is 0. The highest BCUT2D eigenvalue weighted by atomic mass is 79.9. The van der Waals surface area contributed by atoms with Crippen molar-refractivity contribution in [2.75, 3.05) is 11.2 Å². The van der Waals surface area contributed by atoms with Crippen molar-refractivity contribution < 1.29 is 0 Å². The first-order valence-corrected chi connectivity index (χ1v) is 3.01. The van der Waals surface area contributed by atoms with Gasteiger partial charge in [0, 0.05) is 0 Å². The molecule has 0 radical (unpaired) electrons. The summed E-state index contributed by atoms with van der Waals surface area (Å²) in [7, 11) is 0. The van der Waals surface area contributed by atoms with Gasteiger partial charge in [-0.05, 0) is 15.9 Å². The molecule has 0 unspecified atom stereocenters. The summed E-state index contributed by atoms with van der Waals surface area (Å²) in [6.07, 6.45) is 1.93. The van der Waals surface area contributed by atoms with Crippen LogP contribution >= 0.6 is 27.5 Å². The fraction of sp³-hybridized carbons (Fsp3) is 0.667. The second-order valence-electron chi connectivity index (χ2n) is 0.597. The lowest BCUT2D eigenvalue weighted by Crippen LogP contribution is -1.72. The molecule has 0 aromatic rings. The predicted molar refractivity (Wildman–Crippen MR) is 28.8 cm³/mol. The molecule has 0 aromatic heterocycles. The first-order chi connectivity index (χ1) is 2.41. The Bertz CT molecular complexity index is 14.4. The Balaban J connectivity index is 2.19. The summed E-state index contributed by atoms with van der Waals surface area (Å²) in [5.74, 6) is 0.644. The number of halogens is 2. The Hall–Kier alpha value is 0.640. The molecule has 0 aromatic carbocycles. The van der Waals surface area contributed by atoms with E-state index in [-0.39, 0.29) is 0 Å². The average Bonchev–Trinajstić information content (AvgIpc) is 1.41. The highest BCUT2D eigenvalue weighted by Crippen LogP contribution is 1.86. The van der Waals surface area contributed by atoms with E-state index in [1.165, 1.54) is 0 Å². The Morgan fingerprint density at radius 1 is 1.80 bits per heavy atom. The Morgan fingerprint density at radius 3 is 2.40 bits per heavy atom. The highest BCUT2D eigenvalue weighted by Gasteiger charge is 1.84. The van der Waals surface area contributed by atoms with Crippen LogP contribution in [0.1, 0.15) is 0 Å². The summed E-state index contributed by atoms with van der Waals surface area (Å²) >= 11 is 8.39. The molecule has 0 aliphatic rings. The van der Waals surface area contributed by atoms with Crippen molar-refractivity contribution in [2.24, 2.45) is 0 Å². The van der Waals surface area contributed by atoms with Crippen LogP contribution < -0.4 is 0 Å². The second kappa shape index (κ2) is 4.64. The van der Waals surface area contributed by atoms with Gasteiger partial charge in [0.1, 0.15) is 11.8 Å². The van der Waals surface area contributed by atoms with Gasteiger partial charge in [-0.25, -0.2) is 0 Å². The van der Waals surface area contributed by atoms with Gasteiger partial charge in [0.25, 0.3) is 0 Å². The van der Waals surface area contributed by atoms with Crippen LogP contribution in [0.25, 0.3) is 0 Å². The van der Waals surface area contributed by atoms with E-state index >= 15 is 0 Å². The van der Waals surface area contributed by atoms with Gasteiger partial charge < -0.3 is 0 Å². The minimum Gasteiger partial charge on any atom is -0.0737 e. The Morgan fingerprint density at radius 2 is 2.40 bits per heavy atom. The molecule has 0 heterocycles. The SMILES string of the molecule is ClC[CH+]CBr. The molecule has 0 nitrogen and oxygen atoms in total. The molecule has 30 valence electrons. The summed E-state index contributed by atoms with van der Waals surface area (Å²) in [6.45, 7) is 0. The van der Waals surface area contributed by atoms with Gasteiger partial charge in [-0.3, -0.25) is 0 Å². The van der Waals surface area contributed by atoms with E-state index in [1.807, 2.05) is 6.42 Å². The molecule has 0 spiro atoms. The third-order valence-corrected chi connectivity index (χ3v) is 0.894. The lowest BCUT2D eigenvalue weighted by Gasteiger charge is -1.63. The molecular formula is C3H5BrCl+. The summed E-state index contributed by atoms with van der Waals surface area (Å²) in [6, 6.07) is 0. The maximum atomic E-state index is 5.22. The van der Waals surface area contributed by atoms with E-state index in [2.05, 4.69) is 15.9 Å². The predicted octanol–water partition coefficient (Wildman–Crippen LogP) is 1.82. The van der Waals surface area contributed by atoms with E-state index in [0.29, 0.717) is 5.88 Å². The fourth-order valence-electron chi connectivity index (χ4n) is 0.0412. The number of rotatable bonds is 2. The van der Waals surface area contributed by atoms with Crippen LogP contribution in [-0.2, 0) is 0 Å². The lowest BCUT2D eigenvalue weighted by molar-refractivity contribution is 1.45. The molecule has 0 saturated heterocycles. The zero-order chi connectivity index (χ0) is 4.12. The van der Waals surface area contributed by atoms with E-state index < -0.39 is 0 Å². The minimum atomic E-state index is 0.644.